The van der Waals surface area contributed by atoms with Crippen molar-refractivity contribution in [3.63, 3.8) is 0 Å². The minimum absolute atomic E-state index is 0.0413. The quantitative estimate of drug-likeness (QED) is 0.901. The smallest absolute Gasteiger partial charge is 0.156 e. The minimum atomic E-state index is -3.16. The number of nitriles is 1. The molecule has 6 heteroatoms. The number of sulfone groups is 1. The molecule has 1 aromatic rings. The lowest BCUT2D eigenvalue weighted by atomic mass is 10.2. The number of hydrogen-bond donors (Lipinski definition) is 1. The van der Waals surface area contributed by atoms with Crippen molar-refractivity contribution >= 4 is 15.5 Å². The van der Waals surface area contributed by atoms with E-state index in [4.69, 9.17) is 10.00 Å². The molecule has 1 aromatic carbocycles. The molecule has 5 nitrogen and oxygen atoms in total. The zero-order chi connectivity index (χ0) is 15.4. The summed E-state index contributed by atoms with van der Waals surface area (Å²) >= 11 is 0. The molecular formula is C14H20N2O3S. The SMILES string of the molecule is COc1cc(C#N)ccc1NCCS(=O)(=O)C(C)(C)C. The predicted octanol–water partition coefficient (Wildman–Crippen LogP) is 2.19. The van der Waals surface area contributed by atoms with Gasteiger partial charge in [-0.2, -0.15) is 5.26 Å². The van der Waals surface area contributed by atoms with Crippen LogP contribution in [0.4, 0.5) is 5.69 Å². The maximum atomic E-state index is 12.0. The standard InChI is InChI=1S/C14H20N2O3S/c1-14(2,3)20(17,18)8-7-16-12-6-5-11(10-15)9-13(12)19-4/h5-6,9,16H,7-8H2,1-4H3. The van der Waals surface area contributed by atoms with Crippen molar-refractivity contribution in [3.05, 3.63) is 23.8 Å². The van der Waals surface area contributed by atoms with Crippen molar-refractivity contribution in [2.75, 3.05) is 24.7 Å². The molecular weight excluding hydrogens is 276 g/mol. The first-order chi connectivity index (χ1) is 9.21. The van der Waals surface area contributed by atoms with Crippen LogP contribution >= 0.6 is 0 Å². The van der Waals surface area contributed by atoms with Crippen molar-refractivity contribution in [2.45, 2.75) is 25.5 Å². The average molecular weight is 296 g/mol. The Morgan fingerprint density at radius 1 is 1.35 bits per heavy atom. The Morgan fingerprint density at radius 2 is 2.00 bits per heavy atom. The van der Waals surface area contributed by atoms with E-state index in [2.05, 4.69) is 5.32 Å². The first-order valence-electron chi connectivity index (χ1n) is 6.25. The Kier molecular flexibility index (Phi) is 5.01. The van der Waals surface area contributed by atoms with Gasteiger partial charge in [0.1, 0.15) is 5.75 Å². The van der Waals surface area contributed by atoms with Crippen LogP contribution in [-0.4, -0.2) is 32.6 Å². The summed E-state index contributed by atoms with van der Waals surface area (Å²) in [5.41, 5.74) is 1.17. The first kappa shape index (κ1) is 16.3. The summed E-state index contributed by atoms with van der Waals surface area (Å²) in [6, 6.07) is 7.00. The summed E-state index contributed by atoms with van der Waals surface area (Å²) in [6.07, 6.45) is 0. The Balaban J connectivity index is 2.75. The molecule has 0 aliphatic rings. The van der Waals surface area contributed by atoms with Crippen LogP contribution in [0, 0.1) is 11.3 Å². The summed E-state index contributed by atoms with van der Waals surface area (Å²) in [5, 5.41) is 11.8. The number of anilines is 1. The van der Waals surface area contributed by atoms with Gasteiger partial charge < -0.3 is 10.1 Å². The van der Waals surface area contributed by atoms with E-state index in [0.717, 1.165) is 0 Å². The van der Waals surface area contributed by atoms with E-state index in [1.807, 2.05) is 6.07 Å². The Bertz CT molecular complexity index is 610. The summed E-state index contributed by atoms with van der Waals surface area (Å²) < 4.78 is 28.4. The Hall–Kier alpha value is -1.74. The van der Waals surface area contributed by atoms with E-state index in [0.29, 0.717) is 23.5 Å². The van der Waals surface area contributed by atoms with Gasteiger partial charge in [0.05, 0.1) is 34.9 Å². The third kappa shape index (κ3) is 3.87. The summed E-state index contributed by atoms with van der Waals surface area (Å²) in [4.78, 5) is 0. The number of hydrogen-bond acceptors (Lipinski definition) is 5. The van der Waals surface area contributed by atoms with Crippen molar-refractivity contribution in [2.24, 2.45) is 0 Å². The van der Waals surface area contributed by atoms with Gasteiger partial charge in [-0.15, -0.1) is 0 Å². The predicted molar refractivity (Wildman–Crippen MR) is 79.7 cm³/mol. The molecule has 0 aromatic heterocycles. The molecule has 0 saturated carbocycles. The molecule has 0 atom stereocenters. The van der Waals surface area contributed by atoms with Gasteiger partial charge in [-0.25, -0.2) is 8.42 Å². The van der Waals surface area contributed by atoms with E-state index in [-0.39, 0.29) is 5.75 Å². The molecule has 0 bridgehead atoms. The maximum Gasteiger partial charge on any atom is 0.156 e. The number of ether oxygens (including phenoxy) is 1. The normalized spacial score (nSPS) is 11.8. The molecule has 0 saturated heterocycles. The van der Waals surface area contributed by atoms with E-state index >= 15 is 0 Å². The highest BCUT2D eigenvalue weighted by Gasteiger charge is 2.28. The highest BCUT2D eigenvalue weighted by molar-refractivity contribution is 7.92. The van der Waals surface area contributed by atoms with Crippen molar-refractivity contribution in [1.29, 1.82) is 5.26 Å². The second-order valence-electron chi connectivity index (χ2n) is 5.38. The third-order valence-electron chi connectivity index (χ3n) is 2.95. The molecule has 110 valence electrons. The molecule has 0 radical (unpaired) electrons. The van der Waals surface area contributed by atoms with Crippen LogP contribution in [0.3, 0.4) is 0 Å². The number of nitrogens with one attached hydrogen (secondary N) is 1. The van der Waals surface area contributed by atoms with E-state index in [9.17, 15) is 8.42 Å². The van der Waals surface area contributed by atoms with Crippen LogP contribution in [0.5, 0.6) is 5.75 Å². The average Bonchev–Trinajstić information content (AvgIpc) is 2.37. The van der Waals surface area contributed by atoms with Crippen molar-refractivity contribution in [3.8, 4) is 11.8 Å². The zero-order valence-electron chi connectivity index (χ0n) is 12.2. The zero-order valence-corrected chi connectivity index (χ0v) is 13.0. The Morgan fingerprint density at radius 3 is 2.50 bits per heavy atom. The molecule has 0 unspecified atom stereocenters. The monoisotopic (exact) mass is 296 g/mol. The van der Waals surface area contributed by atoms with Crippen LogP contribution in [0.15, 0.2) is 18.2 Å². The van der Waals surface area contributed by atoms with Gasteiger partial charge in [0.15, 0.2) is 9.84 Å². The summed E-state index contributed by atoms with van der Waals surface area (Å²) in [7, 11) is -1.65. The van der Waals surface area contributed by atoms with Gasteiger partial charge in [-0.1, -0.05) is 0 Å². The lowest BCUT2D eigenvalue weighted by Gasteiger charge is -2.19. The molecule has 0 aliphatic heterocycles. The fraction of sp³-hybridized carbons (Fsp3) is 0.500. The largest absolute Gasteiger partial charge is 0.495 e. The first-order valence-corrected chi connectivity index (χ1v) is 7.91. The lowest BCUT2D eigenvalue weighted by Crippen LogP contribution is -2.32. The molecule has 0 amide bonds. The van der Waals surface area contributed by atoms with E-state index in [1.165, 1.54) is 7.11 Å². The fourth-order valence-electron chi connectivity index (χ4n) is 1.53. The fourth-order valence-corrected chi connectivity index (χ4v) is 2.52. The second kappa shape index (κ2) is 6.14. The van der Waals surface area contributed by atoms with Crippen molar-refractivity contribution in [1.82, 2.24) is 0 Å². The topological polar surface area (TPSA) is 79.2 Å². The van der Waals surface area contributed by atoms with Gasteiger partial charge in [-0.3, -0.25) is 0 Å². The van der Waals surface area contributed by atoms with Gasteiger partial charge in [0, 0.05) is 12.6 Å². The molecule has 0 heterocycles. The van der Waals surface area contributed by atoms with Gasteiger partial charge in [0.25, 0.3) is 0 Å². The number of methoxy groups -OCH3 is 1. The van der Waals surface area contributed by atoms with E-state index < -0.39 is 14.6 Å². The Labute approximate surface area is 120 Å². The second-order valence-corrected chi connectivity index (χ2v) is 8.25. The molecule has 0 aliphatic carbocycles. The molecule has 0 spiro atoms. The molecule has 20 heavy (non-hydrogen) atoms. The highest BCUT2D eigenvalue weighted by atomic mass is 32.2. The van der Waals surface area contributed by atoms with Gasteiger partial charge in [-0.05, 0) is 32.9 Å². The third-order valence-corrected chi connectivity index (χ3v) is 5.56. The van der Waals surface area contributed by atoms with Crippen LogP contribution < -0.4 is 10.1 Å². The maximum absolute atomic E-state index is 12.0. The minimum Gasteiger partial charge on any atom is -0.495 e. The van der Waals surface area contributed by atoms with Crippen LogP contribution in [0.1, 0.15) is 26.3 Å². The highest BCUT2D eigenvalue weighted by Crippen LogP contribution is 2.25. The van der Waals surface area contributed by atoms with Gasteiger partial charge in [0.2, 0.25) is 0 Å². The number of rotatable bonds is 5. The number of nitrogens with zero attached hydrogens (tertiary/aromatic N) is 1. The summed E-state index contributed by atoms with van der Waals surface area (Å²) in [6.45, 7) is 5.35. The molecule has 1 N–H and O–H groups in total. The molecule has 0 fully saturated rings. The van der Waals surface area contributed by atoms with Crippen LogP contribution in [0.25, 0.3) is 0 Å². The van der Waals surface area contributed by atoms with E-state index in [1.54, 1.807) is 39.0 Å². The lowest BCUT2D eigenvalue weighted by molar-refractivity contribution is 0.416. The molecule has 1 rings (SSSR count). The van der Waals surface area contributed by atoms with Crippen LogP contribution in [-0.2, 0) is 9.84 Å². The summed E-state index contributed by atoms with van der Waals surface area (Å²) in [5.74, 6) is 0.567. The number of benzene rings is 1. The van der Waals surface area contributed by atoms with Crippen molar-refractivity contribution < 1.29 is 13.2 Å². The van der Waals surface area contributed by atoms with Gasteiger partial charge >= 0.3 is 0 Å². The van der Waals surface area contributed by atoms with Crippen LogP contribution in [0.2, 0.25) is 0 Å².